The first-order chi connectivity index (χ1) is 8.10. The predicted molar refractivity (Wildman–Crippen MR) is 66.0 cm³/mol. The topological polar surface area (TPSA) is 48.0 Å². The van der Waals surface area contributed by atoms with E-state index in [9.17, 15) is 4.79 Å². The van der Waals surface area contributed by atoms with Gasteiger partial charge in [-0.15, -0.1) is 11.6 Å². The number of hydrogen-bond donors (Lipinski definition) is 0. The molecule has 0 aliphatic rings. The molecule has 0 heterocycles. The van der Waals surface area contributed by atoms with Crippen LogP contribution in [0.2, 0.25) is 0 Å². The van der Waals surface area contributed by atoms with Crippen molar-refractivity contribution < 1.29 is 19.0 Å². The molecule has 0 aromatic rings. The minimum absolute atomic E-state index is 0.188. The lowest BCUT2D eigenvalue weighted by molar-refractivity contribution is -0.107. The van der Waals surface area contributed by atoms with Gasteiger partial charge in [-0.3, -0.25) is 4.90 Å². The Bertz CT molecular complexity index is 228. The van der Waals surface area contributed by atoms with Crippen LogP contribution in [0.1, 0.15) is 12.8 Å². The first-order valence-corrected chi connectivity index (χ1v) is 5.78. The number of amides is 1. The van der Waals surface area contributed by atoms with Crippen LogP contribution in [0.25, 0.3) is 0 Å². The van der Waals surface area contributed by atoms with Gasteiger partial charge < -0.3 is 14.2 Å². The van der Waals surface area contributed by atoms with Crippen LogP contribution < -0.4 is 0 Å². The number of allylic oxidation sites excluding steroid dienone is 1. The zero-order valence-electron chi connectivity index (χ0n) is 10.6. The number of carbonyl (C=O) groups excluding carboxylic acids is 1. The van der Waals surface area contributed by atoms with Crippen molar-refractivity contribution in [2.24, 2.45) is 0 Å². The van der Waals surface area contributed by atoms with E-state index in [1.165, 1.54) is 12.0 Å². The highest BCUT2D eigenvalue weighted by Crippen LogP contribution is 2.10. The molecule has 0 unspecified atom stereocenters. The Labute approximate surface area is 107 Å². The summed E-state index contributed by atoms with van der Waals surface area (Å²) in [6, 6.07) is 0. The smallest absolute Gasteiger partial charge is 0.413 e. The quantitative estimate of drug-likeness (QED) is 0.499. The molecule has 5 nitrogen and oxygen atoms in total. The van der Waals surface area contributed by atoms with E-state index in [2.05, 4.69) is 11.3 Å². The highest BCUT2D eigenvalue weighted by atomic mass is 35.5. The van der Waals surface area contributed by atoms with E-state index in [0.717, 1.165) is 0 Å². The Hall–Kier alpha value is -0.780. The lowest BCUT2D eigenvalue weighted by Gasteiger charge is -2.22. The highest BCUT2D eigenvalue weighted by molar-refractivity contribution is 6.19. The first kappa shape index (κ1) is 16.2. The molecule has 0 aliphatic carbocycles. The summed E-state index contributed by atoms with van der Waals surface area (Å²) in [5, 5.41) is 0. The third kappa shape index (κ3) is 5.91. The number of halogens is 1. The number of ether oxygens (including phenoxy) is 3. The molecule has 17 heavy (non-hydrogen) atoms. The fourth-order valence-corrected chi connectivity index (χ4v) is 1.45. The minimum atomic E-state index is -0.456. The molecule has 0 aromatic heterocycles. The summed E-state index contributed by atoms with van der Waals surface area (Å²) in [7, 11) is 4.47. The maximum absolute atomic E-state index is 11.4. The van der Waals surface area contributed by atoms with E-state index >= 15 is 0 Å². The number of rotatable bonds is 8. The van der Waals surface area contributed by atoms with E-state index in [-0.39, 0.29) is 12.2 Å². The molecular weight excluding hydrogens is 246 g/mol. The summed E-state index contributed by atoms with van der Waals surface area (Å²) in [4.78, 5) is 12.9. The second kappa shape index (κ2) is 9.27. The van der Waals surface area contributed by atoms with Crippen LogP contribution >= 0.6 is 11.6 Å². The van der Waals surface area contributed by atoms with Crippen molar-refractivity contribution >= 4 is 17.7 Å². The number of carbonyl (C=O) groups is 1. The Morgan fingerprint density at radius 1 is 1.35 bits per heavy atom. The lowest BCUT2D eigenvalue weighted by atomic mass is 10.2. The Morgan fingerprint density at radius 3 is 2.35 bits per heavy atom. The van der Waals surface area contributed by atoms with Crippen LogP contribution in [-0.2, 0) is 14.2 Å². The van der Waals surface area contributed by atoms with Crippen molar-refractivity contribution in [3.63, 3.8) is 0 Å². The maximum Gasteiger partial charge on any atom is 0.413 e. The van der Waals surface area contributed by atoms with E-state index < -0.39 is 6.09 Å². The molecule has 0 saturated carbocycles. The summed E-state index contributed by atoms with van der Waals surface area (Å²) in [5.41, 5.74) is 0.518. The maximum atomic E-state index is 11.4. The molecule has 6 heteroatoms. The van der Waals surface area contributed by atoms with Crippen LogP contribution in [-0.4, -0.2) is 51.0 Å². The van der Waals surface area contributed by atoms with Crippen molar-refractivity contribution in [3.05, 3.63) is 12.3 Å². The largest absolute Gasteiger partial charge is 0.452 e. The molecule has 0 aliphatic heterocycles. The van der Waals surface area contributed by atoms with E-state index in [1.807, 2.05) is 0 Å². The van der Waals surface area contributed by atoms with Gasteiger partial charge in [0.2, 0.25) is 0 Å². The highest BCUT2D eigenvalue weighted by Gasteiger charge is 2.17. The second-order valence-corrected chi connectivity index (χ2v) is 3.63. The average Bonchev–Trinajstić information content (AvgIpc) is 2.37. The third-order valence-corrected chi connectivity index (χ3v) is 2.59. The van der Waals surface area contributed by atoms with Gasteiger partial charge in [-0.2, -0.15) is 0 Å². The number of alkyl halides is 1. The summed E-state index contributed by atoms with van der Waals surface area (Å²) in [5.74, 6) is 0.188. The molecular formula is C11H20ClNO4. The van der Waals surface area contributed by atoms with E-state index in [1.54, 1.807) is 14.2 Å². The van der Waals surface area contributed by atoms with Crippen LogP contribution in [0.15, 0.2) is 12.3 Å². The standard InChI is InChI=1S/C11H20ClNO4/c1-9(8-12)13(11(14)17-4)7-5-6-10(15-2)16-3/h10H,1,5-8H2,2-4H3. The SMILES string of the molecule is C=C(CCl)N(CCCC(OC)OC)C(=O)OC. The van der Waals surface area contributed by atoms with Gasteiger partial charge in [-0.1, -0.05) is 6.58 Å². The monoisotopic (exact) mass is 265 g/mol. The molecule has 1 amide bonds. The fraction of sp³-hybridized carbons (Fsp3) is 0.727. The molecule has 100 valence electrons. The van der Waals surface area contributed by atoms with Gasteiger partial charge >= 0.3 is 6.09 Å². The van der Waals surface area contributed by atoms with Gasteiger partial charge in [0.1, 0.15) is 0 Å². The van der Waals surface area contributed by atoms with E-state index in [4.69, 9.17) is 21.1 Å². The molecule has 0 spiro atoms. The molecule has 0 N–H and O–H groups in total. The summed E-state index contributed by atoms with van der Waals surface area (Å²) >= 11 is 5.65. The normalized spacial score (nSPS) is 10.4. The van der Waals surface area contributed by atoms with Crippen LogP contribution in [0.3, 0.4) is 0 Å². The Morgan fingerprint density at radius 2 is 1.94 bits per heavy atom. The lowest BCUT2D eigenvalue weighted by Crippen LogP contribution is -2.32. The van der Waals surface area contributed by atoms with Crippen molar-refractivity contribution in [2.45, 2.75) is 19.1 Å². The summed E-state index contributed by atoms with van der Waals surface area (Å²) < 4.78 is 14.7. The fourth-order valence-electron chi connectivity index (χ4n) is 1.31. The van der Waals surface area contributed by atoms with Crippen molar-refractivity contribution in [2.75, 3.05) is 33.8 Å². The van der Waals surface area contributed by atoms with Gasteiger partial charge in [0.25, 0.3) is 0 Å². The number of hydrogen-bond acceptors (Lipinski definition) is 4. The van der Waals surface area contributed by atoms with Crippen molar-refractivity contribution in [3.8, 4) is 0 Å². The molecule has 0 atom stereocenters. The first-order valence-electron chi connectivity index (χ1n) is 5.25. The van der Waals surface area contributed by atoms with Gasteiger partial charge in [-0.05, 0) is 6.42 Å². The van der Waals surface area contributed by atoms with E-state index in [0.29, 0.717) is 25.1 Å². The number of methoxy groups -OCH3 is 3. The van der Waals surface area contributed by atoms with Gasteiger partial charge in [0.15, 0.2) is 6.29 Å². The second-order valence-electron chi connectivity index (χ2n) is 3.36. The van der Waals surface area contributed by atoms with Crippen molar-refractivity contribution in [1.82, 2.24) is 4.90 Å². The van der Waals surface area contributed by atoms with Crippen molar-refractivity contribution in [1.29, 1.82) is 0 Å². The minimum Gasteiger partial charge on any atom is -0.452 e. The Balaban J connectivity index is 4.17. The molecule has 0 bridgehead atoms. The predicted octanol–water partition coefficient (Wildman–Crippen LogP) is 2.21. The van der Waals surface area contributed by atoms with Crippen LogP contribution in [0.5, 0.6) is 0 Å². The molecule has 0 saturated heterocycles. The van der Waals surface area contributed by atoms with Gasteiger partial charge in [-0.25, -0.2) is 4.79 Å². The zero-order valence-corrected chi connectivity index (χ0v) is 11.3. The molecule has 0 radical (unpaired) electrons. The summed E-state index contributed by atoms with van der Waals surface area (Å²) in [6.07, 6.45) is 0.661. The van der Waals surface area contributed by atoms with Gasteiger partial charge in [0, 0.05) is 32.9 Å². The average molecular weight is 266 g/mol. The Kier molecular flexibility index (Phi) is 8.85. The van der Waals surface area contributed by atoms with Crippen LogP contribution in [0, 0.1) is 0 Å². The van der Waals surface area contributed by atoms with Gasteiger partial charge in [0.05, 0.1) is 13.0 Å². The molecule has 0 aromatic carbocycles. The number of nitrogens with zero attached hydrogens (tertiary/aromatic N) is 1. The summed E-state index contributed by atoms with van der Waals surface area (Å²) in [6.45, 7) is 4.18. The zero-order chi connectivity index (χ0) is 13.3. The molecule has 0 fully saturated rings. The molecule has 0 rings (SSSR count). The third-order valence-electron chi connectivity index (χ3n) is 2.28. The van der Waals surface area contributed by atoms with Crippen LogP contribution in [0.4, 0.5) is 4.79 Å².